The summed E-state index contributed by atoms with van der Waals surface area (Å²) in [5.74, 6) is 0.641. The van der Waals surface area contributed by atoms with Crippen LogP contribution in [0.1, 0.15) is 17.3 Å². The minimum absolute atomic E-state index is 0. The van der Waals surface area contributed by atoms with E-state index >= 15 is 0 Å². The molecule has 0 radical (unpaired) electrons. The highest BCUT2D eigenvalue weighted by Gasteiger charge is 2.14. The Morgan fingerprint density at radius 2 is 2.00 bits per heavy atom. The third-order valence-corrected chi connectivity index (χ3v) is 3.10. The normalized spacial score (nSPS) is 9.91. The van der Waals surface area contributed by atoms with Gasteiger partial charge in [0.2, 0.25) is 0 Å². The van der Waals surface area contributed by atoms with Crippen molar-refractivity contribution in [2.45, 2.75) is 6.92 Å². The molecule has 0 aliphatic heterocycles. The van der Waals surface area contributed by atoms with Crippen LogP contribution in [0.4, 0.5) is 0 Å². The summed E-state index contributed by atoms with van der Waals surface area (Å²) in [7, 11) is 1.62. The molecule has 0 fully saturated rings. The van der Waals surface area contributed by atoms with Crippen molar-refractivity contribution in [3.05, 3.63) is 36.0 Å². The van der Waals surface area contributed by atoms with Crippen LogP contribution in [-0.4, -0.2) is 42.8 Å². The van der Waals surface area contributed by atoms with Gasteiger partial charge in [0.25, 0.3) is 5.91 Å². The summed E-state index contributed by atoms with van der Waals surface area (Å²) in [5.41, 5.74) is 2.14. The number of methoxy groups -OCH3 is 1. The van der Waals surface area contributed by atoms with E-state index in [0.717, 1.165) is 24.4 Å². The standard InChI is InChI=1S/C15H20N4O2.ClH/c1-3-16-8-9-17-15(20)13-10-18-19-14(13)11-4-6-12(21-2)7-5-11;/h4-7,10,16H,3,8-9H2,1-2H3,(H,17,20)(H,18,19);1H. The van der Waals surface area contributed by atoms with E-state index in [0.29, 0.717) is 17.8 Å². The summed E-state index contributed by atoms with van der Waals surface area (Å²) in [5, 5.41) is 12.9. The van der Waals surface area contributed by atoms with E-state index in [4.69, 9.17) is 4.74 Å². The SMILES string of the molecule is CCNCCNC(=O)c1cn[nH]c1-c1ccc(OC)cc1.Cl. The molecule has 0 spiro atoms. The maximum atomic E-state index is 12.2. The average Bonchev–Trinajstić information content (AvgIpc) is 3.01. The quantitative estimate of drug-likeness (QED) is 0.679. The lowest BCUT2D eigenvalue weighted by atomic mass is 10.1. The number of benzene rings is 1. The smallest absolute Gasteiger partial charge is 0.255 e. The zero-order valence-electron chi connectivity index (χ0n) is 12.7. The van der Waals surface area contributed by atoms with E-state index in [-0.39, 0.29) is 18.3 Å². The fourth-order valence-electron chi connectivity index (χ4n) is 1.97. The zero-order chi connectivity index (χ0) is 15.1. The van der Waals surface area contributed by atoms with Gasteiger partial charge in [-0.3, -0.25) is 9.89 Å². The first-order chi connectivity index (χ1) is 10.3. The molecule has 0 atom stereocenters. The van der Waals surface area contributed by atoms with Crippen LogP contribution >= 0.6 is 12.4 Å². The number of rotatable bonds is 7. The second-order valence-electron chi connectivity index (χ2n) is 4.50. The van der Waals surface area contributed by atoms with Gasteiger partial charge in [0, 0.05) is 18.7 Å². The molecule has 0 saturated carbocycles. The number of ether oxygens (including phenoxy) is 1. The second kappa shape index (κ2) is 9.07. The number of nitrogens with one attached hydrogen (secondary N) is 3. The average molecular weight is 325 g/mol. The van der Waals surface area contributed by atoms with E-state index in [1.54, 1.807) is 13.3 Å². The van der Waals surface area contributed by atoms with Crippen LogP contribution in [0.25, 0.3) is 11.3 Å². The predicted molar refractivity (Wildman–Crippen MR) is 88.7 cm³/mol. The fraction of sp³-hybridized carbons (Fsp3) is 0.333. The van der Waals surface area contributed by atoms with Gasteiger partial charge in [-0.15, -0.1) is 12.4 Å². The summed E-state index contributed by atoms with van der Waals surface area (Å²) in [4.78, 5) is 12.2. The summed E-state index contributed by atoms with van der Waals surface area (Å²) in [6.07, 6.45) is 1.54. The lowest BCUT2D eigenvalue weighted by Crippen LogP contribution is -2.31. The van der Waals surface area contributed by atoms with Gasteiger partial charge in [0.15, 0.2) is 0 Å². The number of hydrogen-bond acceptors (Lipinski definition) is 4. The van der Waals surface area contributed by atoms with Crippen molar-refractivity contribution < 1.29 is 9.53 Å². The van der Waals surface area contributed by atoms with Crippen molar-refractivity contribution in [1.82, 2.24) is 20.8 Å². The van der Waals surface area contributed by atoms with Gasteiger partial charge in [-0.05, 0) is 30.8 Å². The van der Waals surface area contributed by atoms with E-state index in [9.17, 15) is 4.79 Å². The molecule has 7 heteroatoms. The lowest BCUT2D eigenvalue weighted by molar-refractivity contribution is 0.0954. The predicted octanol–water partition coefficient (Wildman–Crippen LogP) is 1.85. The van der Waals surface area contributed by atoms with E-state index in [1.807, 2.05) is 31.2 Å². The highest BCUT2D eigenvalue weighted by atomic mass is 35.5. The molecule has 1 amide bonds. The number of nitrogens with zero attached hydrogens (tertiary/aromatic N) is 1. The highest BCUT2D eigenvalue weighted by Crippen LogP contribution is 2.23. The Labute approximate surface area is 136 Å². The van der Waals surface area contributed by atoms with Gasteiger partial charge in [-0.25, -0.2) is 0 Å². The minimum atomic E-state index is -0.132. The summed E-state index contributed by atoms with van der Waals surface area (Å²) < 4.78 is 5.13. The van der Waals surface area contributed by atoms with Crippen LogP contribution in [-0.2, 0) is 0 Å². The molecule has 22 heavy (non-hydrogen) atoms. The number of likely N-dealkylation sites (N-methyl/N-ethyl adjacent to an activating group) is 1. The van der Waals surface area contributed by atoms with Gasteiger partial charge >= 0.3 is 0 Å². The van der Waals surface area contributed by atoms with Gasteiger partial charge < -0.3 is 15.4 Å². The molecule has 2 aromatic rings. The Hall–Kier alpha value is -2.05. The van der Waals surface area contributed by atoms with Crippen LogP contribution in [0.15, 0.2) is 30.5 Å². The second-order valence-corrected chi connectivity index (χ2v) is 4.50. The summed E-state index contributed by atoms with van der Waals surface area (Å²) in [6.45, 7) is 4.25. The minimum Gasteiger partial charge on any atom is -0.497 e. The van der Waals surface area contributed by atoms with Crippen molar-refractivity contribution in [3.8, 4) is 17.0 Å². The van der Waals surface area contributed by atoms with E-state index in [1.165, 1.54) is 0 Å². The number of aromatic amines is 1. The van der Waals surface area contributed by atoms with Crippen LogP contribution in [0, 0.1) is 0 Å². The molecule has 3 N–H and O–H groups in total. The summed E-state index contributed by atoms with van der Waals surface area (Å²) in [6, 6.07) is 7.48. The largest absolute Gasteiger partial charge is 0.497 e. The molecule has 0 bridgehead atoms. The van der Waals surface area contributed by atoms with Crippen molar-refractivity contribution in [2.75, 3.05) is 26.7 Å². The number of halogens is 1. The third kappa shape index (κ3) is 4.47. The molecular formula is C15H21ClN4O2. The number of carbonyl (C=O) groups is 1. The maximum Gasteiger partial charge on any atom is 0.255 e. The molecule has 2 rings (SSSR count). The third-order valence-electron chi connectivity index (χ3n) is 3.10. The number of hydrogen-bond donors (Lipinski definition) is 3. The Morgan fingerprint density at radius 1 is 1.27 bits per heavy atom. The molecule has 1 heterocycles. The van der Waals surface area contributed by atoms with E-state index < -0.39 is 0 Å². The van der Waals surface area contributed by atoms with Crippen molar-refractivity contribution >= 4 is 18.3 Å². The van der Waals surface area contributed by atoms with Crippen LogP contribution in [0.3, 0.4) is 0 Å². The first kappa shape index (κ1) is 18.0. The zero-order valence-corrected chi connectivity index (χ0v) is 13.5. The Bertz CT molecular complexity index is 583. The molecular weight excluding hydrogens is 304 g/mol. The molecule has 1 aromatic heterocycles. The van der Waals surface area contributed by atoms with Crippen molar-refractivity contribution in [1.29, 1.82) is 0 Å². The fourth-order valence-corrected chi connectivity index (χ4v) is 1.97. The number of carbonyl (C=O) groups excluding carboxylic acids is 1. The molecule has 0 aliphatic carbocycles. The van der Waals surface area contributed by atoms with Gasteiger partial charge in [0.05, 0.1) is 24.6 Å². The number of H-pyrrole nitrogens is 1. The van der Waals surface area contributed by atoms with Gasteiger partial charge in [0.1, 0.15) is 5.75 Å². The van der Waals surface area contributed by atoms with Crippen molar-refractivity contribution in [2.24, 2.45) is 0 Å². The van der Waals surface area contributed by atoms with Crippen LogP contribution in [0.5, 0.6) is 5.75 Å². The maximum absolute atomic E-state index is 12.2. The summed E-state index contributed by atoms with van der Waals surface area (Å²) >= 11 is 0. The molecule has 0 unspecified atom stereocenters. The van der Waals surface area contributed by atoms with Crippen LogP contribution in [0.2, 0.25) is 0 Å². The first-order valence-electron chi connectivity index (χ1n) is 6.93. The van der Waals surface area contributed by atoms with Crippen molar-refractivity contribution in [3.63, 3.8) is 0 Å². The molecule has 1 aromatic carbocycles. The number of amides is 1. The Morgan fingerprint density at radius 3 is 2.64 bits per heavy atom. The highest BCUT2D eigenvalue weighted by molar-refractivity contribution is 5.99. The Balaban J connectivity index is 0.00000242. The molecule has 0 aliphatic rings. The van der Waals surface area contributed by atoms with E-state index in [2.05, 4.69) is 20.8 Å². The van der Waals surface area contributed by atoms with Gasteiger partial charge in [-0.1, -0.05) is 6.92 Å². The topological polar surface area (TPSA) is 79.0 Å². The Kier molecular flexibility index (Phi) is 7.42. The monoisotopic (exact) mass is 324 g/mol. The molecule has 6 nitrogen and oxygen atoms in total. The lowest BCUT2D eigenvalue weighted by Gasteiger charge is -2.07. The molecule has 0 saturated heterocycles. The number of aromatic nitrogens is 2. The van der Waals surface area contributed by atoms with Gasteiger partial charge in [-0.2, -0.15) is 5.10 Å². The van der Waals surface area contributed by atoms with Crippen LogP contribution < -0.4 is 15.4 Å². The molecule has 120 valence electrons. The first-order valence-corrected chi connectivity index (χ1v) is 6.93.